The molecule has 0 aliphatic rings. The number of fused-ring (bicyclic) bond motifs is 5. The van der Waals surface area contributed by atoms with Gasteiger partial charge in [0.15, 0.2) is 0 Å². The predicted molar refractivity (Wildman–Crippen MR) is 221 cm³/mol. The van der Waals surface area contributed by atoms with Gasteiger partial charge in [0, 0.05) is 33.4 Å². The van der Waals surface area contributed by atoms with E-state index in [-0.39, 0.29) is 0 Å². The first kappa shape index (κ1) is 30.0. The maximum atomic E-state index is 2.41. The average Bonchev–Trinajstić information content (AvgIpc) is 3.54. The van der Waals surface area contributed by atoms with Crippen LogP contribution < -0.4 is 4.90 Å². The number of benzene rings is 9. The Kier molecular flexibility index (Phi) is 7.18. The van der Waals surface area contributed by atoms with Gasteiger partial charge in [-0.2, -0.15) is 0 Å². The van der Waals surface area contributed by atoms with Crippen LogP contribution in [0.2, 0.25) is 0 Å². The SMILES string of the molecule is c1ccc(-c2ccc(N(c3ccc(-n4c5ccccc5c5cc6ccccc6cc54)cc3)c3ccccc3-c3cccc4ccccc34)cc2)cc1. The molecule has 0 radical (unpaired) electrons. The van der Waals surface area contributed by atoms with E-state index in [9.17, 15) is 0 Å². The van der Waals surface area contributed by atoms with Crippen molar-refractivity contribution in [1.29, 1.82) is 0 Å². The number of para-hydroxylation sites is 2. The molecular formula is C50H34N2. The van der Waals surface area contributed by atoms with E-state index in [1.807, 2.05) is 0 Å². The van der Waals surface area contributed by atoms with Crippen LogP contribution in [0, 0.1) is 0 Å². The van der Waals surface area contributed by atoms with Crippen LogP contribution >= 0.6 is 0 Å². The molecule has 0 unspecified atom stereocenters. The number of aromatic nitrogens is 1. The summed E-state index contributed by atoms with van der Waals surface area (Å²) in [4.78, 5) is 2.40. The van der Waals surface area contributed by atoms with E-state index >= 15 is 0 Å². The molecule has 0 fully saturated rings. The summed E-state index contributed by atoms with van der Waals surface area (Å²) in [7, 11) is 0. The zero-order chi connectivity index (χ0) is 34.4. The molecule has 0 spiro atoms. The van der Waals surface area contributed by atoms with Crippen LogP contribution in [-0.4, -0.2) is 4.57 Å². The molecule has 9 aromatic carbocycles. The summed E-state index contributed by atoms with van der Waals surface area (Å²) in [6.07, 6.45) is 0. The van der Waals surface area contributed by atoms with Crippen molar-refractivity contribution in [3.8, 4) is 27.9 Å². The van der Waals surface area contributed by atoms with E-state index in [0.29, 0.717) is 0 Å². The lowest BCUT2D eigenvalue weighted by Gasteiger charge is -2.28. The molecule has 10 aromatic rings. The highest BCUT2D eigenvalue weighted by Crippen LogP contribution is 2.43. The van der Waals surface area contributed by atoms with Crippen molar-refractivity contribution in [2.75, 3.05) is 4.90 Å². The van der Waals surface area contributed by atoms with Crippen LogP contribution in [-0.2, 0) is 0 Å². The largest absolute Gasteiger partial charge is 0.310 e. The van der Waals surface area contributed by atoms with Crippen LogP contribution in [0.5, 0.6) is 0 Å². The molecule has 1 heterocycles. The van der Waals surface area contributed by atoms with Gasteiger partial charge < -0.3 is 9.47 Å². The van der Waals surface area contributed by atoms with Crippen molar-refractivity contribution in [3.63, 3.8) is 0 Å². The Morgan fingerprint density at radius 2 is 0.885 bits per heavy atom. The normalized spacial score (nSPS) is 11.5. The van der Waals surface area contributed by atoms with E-state index in [2.05, 4.69) is 216 Å². The molecule has 0 saturated heterocycles. The molecule has 52 heavy (non-hydrogen) atoms. The van der Waals surface area contributed by atoms with E-state index < -0.39 is 0 Å². The molecule has 244 valence electrons. The summed E-state index contributed by atoms with van der Waals surface area (Å²) >= 11 is 0. The second kappa shape index (κ2) is 12.5. The fraction of sp³-hybridized carbons (Fsp3) is 0. The number of nitrogens with zero attached hydrogens (tertiary/aromatic N) is 2. The average molecular weight is 663 g/mol. The molecule has 10 rings (SSSR count). The van der Waals surface area contributed by atoms with Gasteiger partial charge in [-0.3, -0.25) is 0 Å². The van der Waals surface area contributed by atoms with Gasteiger partial charge in [0.2, 0.25) is 0 Å². The van der Waals surface area contributed by atoms with Gasteiger partial charge in [-0.1, -0.05) is 146 Å². The Bertz CT molecular complexity index is 2880. The van der Waals surface area contributed by atoms with Gasteiger partial charge in [0.25, 0.3) is 0 Å². The lowest BCUT2D eigenvalue weighted by atomic mass is 9.96. The summed E-state index contributed by atoms with van der Waals surface area (Å²) < 4.78 is 2.41. The molecular weight excluding hydrogens is 629 g/mol. The molecule has 0 saturated carbocycles. The first-order valence-electron chi connectivity index (χ1n) is 17.9. The third-order valence-electron chi connectivity index (χ3n) is 10.4. The number of rotatable bonds is 6. The fourth-order valence-corrected chi connectivity index (χ4v) is 7.90. The van der Waals surface area contributed by atoms with Crippen molar-refractivity contribution in [2.24, 2.45) is 0 Å². The first-order valence-corrected chi connectivity index (χ1v) is 17.9. The molecule has 0 aliphatic carbocycles. The third-order valence-corrected chi connectivity index (χ3v) is 10.4. The molecule has 0 bridgehead atoms. The summed E-state index contributed by atoms with van der Waals surface area (Å²) in [6.45, 7) is 0. The molecule has 0 N–H and O–H groups in total. The minimum absolute atomic E-state index is 1.09. The maximum absolute atomic E-state index is 2.41. The van der Waals surface area contributed by atoms with Gasteiger partial charge in [0.1, 0.15) is 0 Å². The minimum atomic E-state index is 1.09. The quantitative estimate of drug-likeness (QED) is 0.172. The smallest absolute Gasteiger partial charge is 0.0547 e. The van der Waals surface area contributed by atoms with Crippen LogP contribution in [0.4, 0.5) is 17.1 Å². The molecule has 1 aromatic heterocycles. The predicted octanol–water partition coefficient (Wildman–Crippen LogP) is 13.9. The van der Waals surface area contributed by atoms with Crippen LogP contribution in [0.25, 0.3) is 71.3 Å². The monoisotopic (exact) mass is 662 g/mol. The molecule has 0 atom stereocenters. The van der Waals surface area contributed by atoms with E-state index in [1.54, 1.807) is 0 Å². The first-order chi connectivity index (χ1) is 25.8. The summed E-state index contributed by atoms with van der Waals surface area (Å²) in [6, 6.07) is 74.7. The highest BCUT2D eigenvalue weighted by Gasteiger charge is 2.19. The second-order valence-corrected chi connectivity index (χ2v) is 13.4. The highest BCUT2D eigenvalue weighted by atomic mass is 15.1. The number of hydrogen-bond acceptors (Lipinski definition) is 1. The Labute approximate surface area is 303 Å². The molecule has 2 heteroatoms. The van der Waals surface area contributed by atoms with Crippen molar-refractivity contribution in [1.82, 2.24) is 4.57 Å². The third kappa shape index (κ3) is 5.04. The maximum Gasteiger partial charge on any atom is 0.0547 e. The molecule has 2 nitrogen and oxygen atoms in total. The van der Waals surface area contributed by atoms with Crippen molar-refractivity contribution in [2.45, 2.75) is 0 Å². The highest BCUT2D eigenvalue weighted by molar-refractivity contribution is 6.13. The summed E-state index contributed by atoms with van der Waals surface area (Å²) in [5.41, 5.74) is 11.7. The minimum Gasteiger partial charge on any atom is -0.310 e. The van der Waals surface area contributed by atoms with Crippen molar-refractivity contribution in [3.05, 3.63) is 206 Å². The van der Waals surface area contributed by atoms with Gasteiger partial charge in [0.05, 0.1) is 16.7 Å². The van der Waals surface area contributed by atoms with Gasteiger partial charge >= 0.3 is 0 Å². The zero-order valence-electron chi connectivity index (χ0n) is 28.5. The van der Waals surface area contributed by atoms with E-state index in [1.165, 1.54) is 65.6 Å². The zero-order valence-corrected chi connectivity index (χ0v) is 28.5. The fourth-order valence-electron chi connectivity index (χ4n) is 7.90. The number of anilines is 3. The Morgan fingerprint density at radius 3 is 1.67 bits per heavy atom. The molecule has 0 aliphatic heterocycles. The summed E-state index contributed by atoms with van der Waals surface area (Å²) in [5, 5.41) is 7.50. The van der Waals surface area contributed by atoms with E-state index in [0.717, 1.165) is 22.7 Å². The van der Waals surface area contributed by atoms with Gasteiger partial charge in [-0.05, 0) is 98.9 Å². The lowest BCUT2D eigenvalue weighted by Crippen LogP contribution is -2.11. The van der Waals surface area contributed by atoms with Crippen molar-refractivity contribution >= 4 is 60.4 Å². The van der Waals surface area contributed by atoms with Crippen LogP contribution in [0.15, 0.2) is 206 Å². The Balaban J connectivity index is 1.15. The second-order valence-electron chi connectivity index (χ2n) is 13.4. The van der Waals surface area contributed by atoms with Crippen molar-refractivity contribution < 1.29 is 0 Å². The standard InChI is InChI=1S/C50H34N2/c1-2-13-35(14-3-1)36-25-27-40(28-26-36)51(48-23-10-8-20-45(48)44-22-12-18-37-15-6-7-19-43(37)44)41-29-31-42(32-30-41)52-49-24-11-9-21-46(49)47-33-38-16-4-5-17-39(38)34-50(47)52/h1-34H. The van der Waals surface area contributed by atoms with Gasteiger partial charge in [-0.25, -0.2) is 0 Å². The lowest BCUT2D eigenvalue weighted by molar-refractivity contribution is 1.17. The Morgan fingerprint density at radius 1 is 0.327 bits per heavy atom. The Hall–Kier alpha value is -6.90. The topological polar surface area (TPSA) is 8.17 Å². The van der Waals surface area contributed by atoms with Crippen LogP contribution in [0.3, 0.4) is 0 Å². The van der Waals surface area contributed by atoms with E-state index in [4.69, 9.17) is 0 Å². The van der Waals surface area contributed by atoms with Gasteiger partial charge in [-0.15, -0.1) is 0 Å². The number of hydrogen-bond donors (Lipinski definition) is 0. The van der Waals surface area contributed by atoms with Crippen LogP contribution in [0.1, 0.15) is 0 Å². The summed E-state index contributed by atoms with van der Waals surface area (Å²) in [5.74, 6) is 0. The molecule has 0 amide bonds.